The van der Waals surface area contributed by atoms with E-state index in [1.54, 1.807) is 6.07 Å². The number of hydrogen-bond acceptors (Lipinski definition) is 3. The van der Waals surface area contributed by atoms with E-state index >= 15 is 0 Å². The molecule has 2 aromatic rings. The summed E-state index contributed by atoms with van der Waals surface area (Å²) in [6, 6.07) is 14.5. The number of piperidine rings is 1. The maximum absolute atomic E-state index is 13.6. The van der Waals surface area contributed by atoms with Gasteiger partial charge in [0, 0.05) is 18.5 Å². The molecule has 0 saturated carbocycles. The van der Waals surface area contributed by atoms with Crippen LogP contribution in [0.15, 0.2) is 48.5 Å². The van der Waals surface area contributed by atoms with Crippen molar-refractivity contribution in [3.63, 3.8) is 0 Å². The summed E-state index contributed by atoms with van der Waals surface area (Å²) >= 11 is 0. The van der Waals surface area contributed by atoms with Crippen molar-refractivity contribution in [3.8, 4) is 0 Å². The van der Waals surface area contributed by atoms with Gasteiger partial charge in [-0.25, -0.2) is 4.39 Å². The molecule has 1 fully saturated rings. The number of fused-ring (bicyclic) bond motifs is 1. The van der Waals surface area contributed by atoms with Crippen molar-refractivity contribution < 1.29 is 14.3 Å². The zero-order valence-electron chi connectivity index (χ0n) is 14.5. The first kappa shape index (κ1) is 17.2. The third kappa shape index (κ3) is 3.24. The van der Waals surface area contributed by atoms with Gasteiger partial charge in [0.15, 0.2) is 0 Å². The third-order valence-corrected chi connectivity index (χ3v) is 5.60. The van der Waals surface area contributed by atoms with Gasteiger partial charge in [-0.15, -0.1) is 0 Å². The van der Waals surface area contributed by atoms with Gasteiger partial charge in [0.25, 0.3) is 0 Å². The quantitative estimate of drug-likeness (QED) is 0.794. The molecule has 5 heteroatoms. The molecule has 1 heterocycles. The first-order valence-corrected chi connectivity index (χ1v) is 9.17. The molecule has 0 bridgehead atoms. The summed E-state index contributed by atoms with van der Waals surface area (Å²) in [6.45, 7) is 1.67. The molecule has 2 aliphatic rings. The van der Waals surface area contributed by atoms with Crippen LogP contribution in [0.2, 0.25) is 0 Å². The lowest BCUT2D eigenvalue weighted by atomic mass is 9.86. The second-order valence-corrected chi connectivity index (χ2v) is 7.20. The lowest BCUT2D eigenvalue weighted by Gasteiger charge is -2.34. The highest BCUT2D eigenvalue weighted by molar-refractivity contribution is 5.85. The molecular formula is C21H23FN2O2. The average molecular weight is 354 g/mol. The smallest absolute Gasteiger partial charge is 0.227 e. The van der Waals surface area contributed by atoms with Crippen molar-refractivity contribution in [2.75, 3.05) is 13.1 Å². The first-order chi connectivity index (χ1) is 12.6. The van der Waals surface area contributed by atoms with Crippen LogP contribution in [0.3, 0.4) is 0 Å². The van der Waals surface area contributed by atoms with E-state index in [4.69, 9.17) is 0 Å². The molecule has 1 saturated heterocycles. The van der Waals surface area contributed by atoms with Gasteiger partial charge in [0.1, 0.15) is 5.82 Å². The molecule has 3 N–H and O–H groups in total. The molecule has 4 unspecified atom stereocenters. The number of halogens is 1. The maximum atomic E-state index is 13.6. The summed E-state index contributed by atoms with van der Waals surface area (Å²) in [4.78, 5) is 12.9. The van der Waals surface area contributed by atoms with Crippen molar-refractivity contribution in [3.05, 3.63) is 71.0 Å². The van der Waals surface area contributed by atoms with Gasteiger partial charge in [0.2, 0.25) is 5.91 Å². The minimum Gasteiger partial charge on any atom is -0.388 e. The van der Waals surface area contributed by atoms with E-state index in [-0.39, 0.29) is 23.7 Å². The van der Waals surface area contributed by atoms with Crippen molar-refractivity contribution in [2.45, 2.75) is 36.8 Å². The predicted octanol–water partition coefficient (Wildman–Crippen LogP) is 2.61. The Morgan fingerprint density at radius 2 is 1.96 bits per heavy atom. The number of aliphatic hydroxyl groups excluding tert-OH is 1. The van der Waals surface area contributed by atoms with Crippen molar-refractivity contribution in [2.24, 2.45) is 0 Å². The fourth-order valence-electron chi connectivity index (χ4n) is 4.24. The lowest BCUT2D eigenvalue weighted by Crippen LogP contribution is -2.49. The molecule has 1 aliphatic heterocycles. The molecule has 0 spiro atoms. The summed E-state index contributed by atoms with van der Waals surface area (Å²) in [5.74, 6) is -0.796. The zero-order chi connectivity index (χ0) is 18.1. The molecule has 2 aromatic carbocycles. The lowest BCUT2D eigenvalue weighted by molar-refractivity contribution is -0.124. The fraction of sp³-hybridized carbons (Fsp3) is 0.381. The number of carbonyl (C=O) groups excluding carboxylic acids is 1. The molecule has 136 valence electrons. The number of hydrogen-bond donors (Lipinski definition) is 3. The van der Waals surface area contributed by atoms with Gasteiger partial charge < -0.3 is 15.7 Å². The molecule has 1 aliphatic carbocycles. The summed E-state index contributed by atoms with van der Waals surface area (Å²) in [6.07, 6.45) is 0.446. The topological polar surface area (TPSA) is 61.4 Å². The van der Waals surface area contributed by atoms with Crippen LogP contribution >= 0.6 is 0 Å². The number of carbonyl (C=O) groups is 1. The van der Waals surface area contributed by atoms with Crippen molar-refractivity contribution in [1.29, 1.82) is 0 Å². The van der Waals surface area contributed by atoms with Gasteiger partial charge >= 0.3 is 0 Å². The molecular weight excluding hydrogens is 331 g/mol. The van der Waals surface area contributed by atoms with Gasteiger partial charge in [-0.2, -0.15) is 0 Å². The Kier molecular flexibility index (Phi) is 4.74. The van der Waals surface area contributed by atoms with E-state index in [0.717, 1.165) is 19.5 Å². The monoisotopic (exact) mass is 354 g/mol. The average Bonchev–Trinajstić information content (AvgIpc) is 2.99. The molecule has 0 aromatic heterocycles. The molecule has 4 rings (SSSR count). The van der Waals surface area contributed by atoms with E-state index in [1.165, 1.54) is 17.7 Å². The number of amides is 1. The van der Waals surface area contributed by atoms with Crippen LogP contribution in [0, 0.1) is 5.82 Å². The van der Waals surface area contributed by atoms with E-state index in [2.05, 4.69) is 22.8 Å². The fourth-order valence-corrected chi connectivity index (χ4v) is 4.24. The Balaban J connectivity index is 1.53. The summed E-state index contributed by atoms with van der Waals surface area (Å²) < 4.78 is 13.6. The normalized spacial score (nSPS) is 27.8. The van der Waals surface area contributed by atoms with Crippen LogP contribution in [-0.4, -0.2) is 30.1 Å². The van der Waals surface area contributed by atoms with E-state index in [1.807, 2.05) is 18.2 Å². The van der Waals surface area contributed by atoms with Crippen LogP contribution in [0.5, 0.6) is 0 Å². The molecule has 1 amide bonds. The highest BCUT2D eigenvalue weighted by Crippen LogP contribution is 2.41. The molecule has 26 heavy (non-hydrogen) atoms. The highest BCUT2D eigenvalue weighted by atomic mass is 19.1. The minimum absolute atomic E-state index is 0.0286. The Morgan fingerprint density at radius 1 is 1.15 bits per heavy atom. The second kappa shape index (κ2) is 7.17. The number of nitrogens with one attached hydrogen (secondary N) is 2. The van der Waals surface area contributed by atoms with Crippen LogP contribution in [-0.2, 0) is 4.79 Å². The van der Waals surface area contributed by atoms with Crippen molar-refractivity contribution in [1.82, 2.24) is 10.6 Å². The Morgan fingerprint density at radius 3 is 2.77 bits per heavy atom. The number of rotatable bonds is 3. The maximum Gasteiger partial charge on any atom is 0.227 e. The largest absolute Gasteiger partial charge is 0.388 e. The Hall–Kier alpha value is -2.24. The Labute approximate surface area is 152 Å². The summed E-state index contributed by atoms with van der Waals surface area (Å²) in [7, 11) is 0. The zero-order valence-corrected chi connectivity index (χ0v) is 14.5. The van der Waals surface area contributed by atoms with Crippen LogP contribution in [0.1, 0.15) is 47.5 Å². The van der Waals surface area contributed by atoms with E-state index < -0.39 is 12.0 Å². The summed E-state index contributed by atoms with van der Waals surface area (Å²) in [5.41, 5.74) is 2.47. The SMILES string of the molecule is O=C(NC1CCNCC1c1ccccc1)C1CC(O)c2ccc(F)cc21. The van der Waals surface area contributed by atoms with Crippen LogP contribution < -0.4 is 10.6 Å². The molecule has 4 atom stereocenters. The van der Waals surface area contributed by atoms with Gasteiger partial charge in [-0.3, -0.25) is 4.79 Å². The van der Waals surface area contributed by atoms with Gasteiger partial charge in [-0.1, -0.05) is 36.4 Å². The number of aliphatic hydroxyl groups is 1. The van der Waals surface area contributed by atoms with Crippen LogP contribution in [0.25, 0.3) is 0 Å². The third-order valence-electron chi connectivity index (χ3n) is 5.60. The molecule has 4 nitrogen and oxygen atoms in total. The van der Waals surface area contributed by atoms with E-state index in [9.17, 15) is 14.3 Å². The number of benzene rings is 2. The van der Waals surface area contributed by atoms with Gasteiger partial charge in [-0.05, 0) is 48.2 Å². The first-order valence-electron chi connectivity index (χ1n) is 9.17. The highest BCUT2D eigenvalue weighted by Gasteiger charge is 2.37. The van der Waals surface area contributed by atoms with Gasteiger partial charge in [0.05, 0.1) is 12.0 Å². The van der Waals surface area contributed by atoms with Crippen molar-refractivity contribution >= 4 is 5.91 Å². The predicted molar refractivity (Wildman–Crippen MR) is 97.3 cm³/mol. The van der Waals surface area contributed by atoms with Crippen LogP contribution in [0.4, 0.5) is 4.39 Å². The minimum atomic E-state index is -0.709. The standard InChI is InChI=1S/C21H23FN2O2/c22-14-6-7-15-16(10-14)17(11-20(15)25)21(26)24-19-8-9-23-12-18(19)13-4-2-1-3-5-13/h1-7,10,17-20,23,25H,8-9,11-12H2,(H,24,26). The second-order valence-electron chi connectivity index (χ2n) is 7.20. The van der Waals surface area contributed by atoms with E-state index in [0.29, 0.717) is 17.5 Å². The summed E-state index contributed by atoms with van der Waals surface area (Å²) in [5, 5.41) is 16.8. The molecule has 0 radical (unpaired) electrons. The Bertz CT molecular complexity index is 796.